The average molecular weight is 440 g/mol. The topological polar surface area (TPSA) is 52.0 Å². The molecule has 168 valence electrons. The Hall–Kier alpha value is -3.67. The van der Waals surface area contributed by atoms with Crippen molar-refractivity contribution in [2.24, 2.45) is 5.10 Å². The second-order valence-electron chi connectivity index (χ2n) is 8.50. The van der Waals surface area contributed by atoms with Gasteiger partial charge in [0.2, 0.25) is 0 Å². The SMILES string of the molecule is O=C(N1CCN(c2cccc(C3=CC=CC3)n2)CC1)N1N=CCC1/C1=C/C=C\C=C/C=C\C1. The van der Waals surface area contributed by atoms with E-state index in [1.54, 1.807) is 5.01 Å². The van der Waals surface area contributed by atoms with Crippen LogP contribution in [0.1, 0.15) is 25.0 Å². The molecular formula is C27H29N5O. The number of piperazine rings is 1. The number of aromatic nitrogens is 1. The van der Waals surface area contributed by atoms with E-state index < -0.39 is 0 Å². The molecule has 0 saturated carbocycles. The molecule has 2 amide bonds. The van der Waals surface area contributed by atoms with Crippen LogP contribution in [0.15, 0.2) is 89.6 Å². The van der Waals surface area contributed by atoms with Crippen molar-refractivity contribution in [1.29, 1.82) is 0 Å². The van der Waals surface area contributed by atoms with Gasteiger partial charge in [-0.3, -0.25) is 0 Å². The monoisotopic (exact) mass is 439 g/mol. The van der Waals surface area contributed by atoms with E-state index in [2.05, 4.69) is 58.6 Å². The van der Waals surface area contributed by atoms with E-state index in [9.17, 15) is 4.79 Å². The van der Waals surface area contributed by atoms with Crippen LogP contribution in [0.3, 0.4) is 0 Å². The van der Waals surface area contributed by atoms with Gasteiger partial charge >= 0.3 is 6.03 Å². The Bertz CT molecular complexity index is 1100. The number of hydrazone groups is 1. The highest BCUT2D eigenvalue weighted by Crippen LogP contribution is 2.26. The standard InChI is InChI=1S/C27H29N5O/c33-27(32-25(16-17-28-32)23-12-5-3-1-2-4-6-13-23)31-20-18-30(19-21-31)26-15-9-14-24(29-26)22-10-7-8-11-22/h1-10,12,14-15,17,25H,11,13,16,18-21H2/b2-1-,5-3-,6-4-,23-12+. The van der Waals surface area contributed by atoms with Gasteiger partial charge in [-0.05, 0) is 36.1 Å². The fraction of sp³-hybridized carbons (Fsp3) is 0.296. The maximum Gasteiger partial charge on any atom is 0.341 e. The molecule has 1 atom stereocenters. The lowest BCUT2D eigenvalue weighted by atomic mass is 10.0. The molecule has 2 aliphatic heterocycles. The summed E-state index contributed by atoms with van der Waals surface area (Å²) in [5.41, 5.74) is 3.49. The van der Waals surface area contributed by atoms with Gasteiger partial charge in [-0.1, -0.05) is 66.8 Å². The smallest absolute Gasteiger partial charge is 0.341 e. The Kier molecular flexibility index (Phi) is 6.33. The number of allylic oxidation sites excluding steroid dienone is 11. The van der Waals surface area contributed by atoms with Crippen molar-refractivity contribution in [2.45, 2.75) is 25.3 Å². The number of urea groups is 1. The normalized spacial score (nSPS) is 26.8. The van der Waals surface area contributed by atoms with Gasteiger partial charge in [0.25, 0.3) is 0 Å². The molecular weight excluding hydrogens is 410 g/mol. The second kappa shape index (κ2) is 9.86. The molecule has 1 unspecified atom stereocenters. The van der Waals surface area contributed by atoms with Gasteiger partial charge in [0, 0.05) is 38.8 Å². The van der Waals surface area contributed by atoms with Crippen molar-refractivity contribution < 1.29 is 4.79 Å². The van der Waals surface area contributed by atoms with Crippen LogP contribution in [0, 0.1) is 0 Å². The number of nitrogens with zero attached hydrogens (tertiary/aromatic N) is 5. The maximum atomic E-state index is 13.4. The summed E-state index contributed by atoms with van der Waals surface area (Å²) in [5, 5.41) is 6.13. The quantitative estimate of drug-likeness (QED) is 0.684. The minimum Gasteiger partial charge on any atom is -0.353 e. The minimum atomic E-state index is -0.0189. The zero-order valence-electron chi connectivity index (χ0n) is 18.8. The first-order valence-electron chi connectivity index (χ1n) is 11.7. The molecule has 6 heteroatoms. The van der Waals surface area contributed by atoms with Crippen LogP contribution in [0.5, 0.6) is 0 Å². The molecule has 0 aromatic carbocycles. The fourth-order valence-electron chi connectivity index (χ4n) is 4.56. The fourth-order valence-corrected chi connectivity index (χ4v) is 4.56. The number of hydrogen-bond acceptors (Lipinski definition) is 4. The van der Waals surface area contributed by atoms with Crippen LogP contribution in [0.4, 0.5) is 10.6 Å². The molecule has 1 saturated heterocycles. The van der Waals surface area contributed by atoms with Crippen molar-refractivity contribution in [2.75, 3.05) is 31.1 Å². The summed E-state index contributed by atoms with van der Waals surface area (Å²) in [6.45, 7) is 2.86. The summed E-state index contributed by atoms with van der Waals surface area (Å²) in [7, 11) is 0. The molecule has 1 fully saturated rings. The first-order valence-corrected chi connectivity index (χ1v) is 11.7. The molecule has 1 aromatic rings. The van der Waals surface area contributed by atoms with Crippen molar-refractivity contribution in [1.82, 2.24) is 14.9 Å². The number of hydrogen-bond donors (Lipinski definition) is 0. The highest BCUT2D eigenvalue weighted by Gasteiger charge is 2.33. The molecule has 5 rings (SSSR count). The van der Waals surface area contributed by atoms with E-state index >= 15 is 0 Å². The molecule has 33 heavy (non-hydrogen) atoms. The Morgan fingerprint density at radius 1 is 0.879 bits per heavy atom. The maximum absolute atomic E-state index is 13.4. The van der Waals surface area contributed by atoms with Gasteiger partial charge in [-0.2, -0.15) is 5.10 Å². The van der Waals surface area contributed by atoms with Crippen LogP contribution < -0.4 is 4.90 Å². The average Bonchev–Trinajstić information content (AvgIpc) is 3.58. The van der Waals surface area contributed by atoms with Gasteiger partial charge in [-0.15, -0.1) is 0 Å². The third-order valence-corrected chi connectivity index (χ3v) is 6.41. The Morgan fingerprint density at radius 2 is 1.70 bits per heavy atom. The molecule has 2 aliphatic carbocycles. The van der Waals surface area contributed by atoms with E-state index in [4.69, 9.17) is 4.98 Å². The van der Waals surface area contributed by atoms with E-state index in [1.807, 2.05) is 41.5 Å². The summed E-state index contributed by atoms with van der Waals surface area (Å²) < 4.78 is 0. The van der Waals surface area contributed by atoms with Gasteiger partial charge in [0.15, 0.2) is 0 Å². The van der Waals surface area contributed by atoms with Crippen LogP contribution >= 0.6 is 0 Å². The molecule has 1 aromatic heterocycles. The van der Waals surface area contributed by atoms with Gasteiger partial charge in [-0.25, -0.2) is 14.8 Å². The van der Waals surface area contributed by atoms with Gasteiger partial charge in [0.05, 0.1) is 11.7 Å². The number of pyridine rings is 1. The third-order valence-electron chi connectivity index (χ3n) is 6.41. The summed E-state index contributed by atoms with van der Waals surface area (Å²) >= 11 is 0. The molecule has 0 radical (unpaired) electrons. The summed E-state index contributed by atoms with van der Waals surface area (Å²) in [6.07, 6.45) is 25.1. The first kappa shape index (κ1) is 21.2. The van der Waals surface area contributed by atoms with Gasteiger partial charge < -0.3 is 9.80 Å². The number of carbonyl (C=O) groups excluding carboxylic acids is 1. The number of carbonyl (C=O) groups is 1. The predicted octanol–water partition coefficient (Wildman–Crippen LogP) is 4.73. The van der Waals surface area contributed by atoms with Crippen LogP contribution in [-0.2, 0) is 0 Å². The lowest BCUT2D eigenvalue weighted by Crippen LogP contribution is -2.53. The summed E-state index contributed by atoms with van der Waals surface area (Å²) in [4.78, 5) is 22.4. The highest BCUT2D eigenvalue weighted by atomic mass is 16.2. The highest BCUT2D eigenvalue weighted by molar-refractivity contribution is 5.79. The Balaban J connectivity index is 1.22. The molecule has 0 bridgehead atoms. The zero-order valence-corrected chi connectivity index (χ0v) is 18.8. The van der Waals surface area contributed by atoms with Gasteiger partial charge in [0.1, 0.15) is 5.82 Å². The Labute approximate surface area is 195 Å². The van der Waals surface area contributed by atoms with Crippen molar-refractivity contribution >= 4 is 23.6 Å². The molecule has 3 heterocycles. The van der Waals surface area contributed by atoms with Crippen molar-refractivity contribution in [3.8, 4) is 0 Å². The van der Waals surface area contributed by atoms with E-state index in [1.165, 1.54) is 11.1 Å². The summed E-state index contributed by atoms with van der Waals surface area (Å²) in [5.74, 6) is 0.979. The Morgan fingerprint density at radius 3 is 2.55 bits per heavy atom. The molecule has 6 nitrogen and oxygen atoms in total. The van der Waals surface area contributed by atoms with Crippen LogP contribution in [-0.4, -0.2) is 59.4 Å². The predicted molar refractivity (Wildman–Crippen MR) is 134 cm³/mol. The van der Waals surface area contributed by atoms with Crippen LogP contribution in [0.2, 0.25) is 0 Å². The second-order valence-corrected chi connectivity index (χ2v) is 8.50. The number of anilines is 1. The third kappa shape index (κ3) is 4.75. The zero-order chi connectivity index (χ0) is 22.5. The first-order chi connectivity index (χ1) is 16.3. The lowest BCUT2D eigenvalue weighted by molar-refractivity contribution is 0.145. The number of rotatable bonds is 3. The molecule has 0 N–H and O–H groups in total. The molecule has 4 aliphatic rings. The van der Waals surface area contributed by atoms with Crippen molar-refractivity contribution in [3.63, 3.8) is 0 Å². The minimum absolute atomic E-state index is 0.0100. The van der Waals surface area contributed by atoms with E-state index in [0.717, 1.165) is 43.9 Å². The summed E-state index contributed by atoms with van der Waals surface area (Å²) in [6, 6.07) is 6.17. The largest absolute Gasteiger partial charge is 0.353 e. The molecule has 0 spiro atoms. The number of amides is 2. The van der Waals surface area contributed by atoms with E-state index in [0.29, 0.717) is 13.1 Å². The van der Waals surface area contributed by atoms with E-state index in [-0.39, 0.29) is 12.1 Å². The van der Waals surface area contributed by atoms with Crippen LogP contribution in [0.25, 0.3) is 5.57 Å². The van der Waals surface area contributed by atoms with Crippen molar-refractivity contribution in [3.05, 3.63) is 90.2 Å². The lowest BCUT2D eigenvalue weighted by Gasteiger charge is -2.37.